The van der Waals surface area contributed by atoms with Gasteiger partial charge in [0.05, 0.1) is 12.5 Å². The normalized spacial score (nSPS) is 25.5. The van der Waals surface area contributed by atoms with Crippen molar-refractivity contribution in [2.75, 3.05) is 19.6 Å². The van der Waals surface area contributed by atoms with E-state index in [1.54, 1.807) is 0 Å². The maximum absolute atomic E-state index is 12.0. The number of nitrogens with one attached hydrogen (secondary N) is 2. The van der Waals surface area contributed by atoms with Crippen molar-refractivity contribution >= 4 is 5.91 Å². The lowest BCUT2D eigenvalue weighted by Gasteiger charge is -2.22. The Labute approximate surface area is 113 Å². The molecule has 0 aromatic heterocycles. The number of rotatable bonds is 3. The molecule has 0 saturated carbocycles. The molecule has 4 heteroatoms. The summed E-state index contributed by atoms with van der Waals surface area (Å²) in [5.74, 6) is 1.24. The van der Waals surface area contributed by atoms with Gasteiger partial charge in [0.15, 0.2) is 0 Å². The number of carbonyl (C=O) groups is 1. The van der Waals surface area contributed by atoms with Gasteiger partial charge in [0.1, 0.15) is 11.9 Å². The molecule has 0 radical (unpaired) electrons. The Bertz CT molecular complexity index is 430. The fourth-order valence-electron chi connectivity index (χ4n) is 2.80. The molecule has 1 fully saturated rings. The monoisotopic (exact) mass is 260 g/mol. The molecule has 3 rings (SSSR count). The van der Waals surface area contributed by atoms with Crippen LogP contribution >= 0.6 is 0 Å². The van der Waals surface area contributed by atoms with E-state index in [0.717, 1.165) is 38.1 Å². The first kappa shape index (κ1) is 12.5. The van der Waals surface area contributed by atoms with Crippen LogP contribution in [0.2, 0.25) is 0 Å². The van der Waals surface area contributed by atoms with Gasteiger partial charge in [-0.3, -0.25) is 4.79 Å². The van der Waals surface area contributed by atoms with Crippen molar-refractivity contribution in [2.45, 2.75) is 25.4 Å². The summed E-state index contributed by atoms with van der Waals surface area (Å²) >= 11 is 0. The fraction of sp³-hybridized carbons (Fsp3) is 0.533. The van der Waals surface area contributed by atoms with E-state index >= 15 is 0 Å². The zero-order valence-corrected chi connectivity index (χ0v) is 11.0. The van der Waals surface area contributed by atoms with E-state index < -0.39 is 0 Å². The van der Waals surface area contributed by atoms with Crippen molar-refractivity contribution in [3.63, 3.8) is 0 Å². The second kappa shape index (κ2) is 5.61. The van der Waals surface area contributed by atoms with E-state index in [9.17, 15) is 4.79 Å². The minimum atomic E-state index is 0.0814. The number of fused-ring (bicyclic) bond motifs is 1. The third kappa shape index (κ3) is 2.89. The van der Waals surface area contributed by atoms with Gasteiger partial charge in [0, 0.05) is 13.0 Å². The van der Waals surface area contributed by atoms with Crippen molar-refractivity contribution in [1.82, 2.24) is 10.6 Å². The van der Waals surface area contributed by atoms with Gasteiger partial charge >= 0.3 is 0 Å². The second-order valence-electron chi connectivity index (χ2n) is 5.34. The highest BCUT2D eigenvalue weighted by molar-refractivity contribution is 5.79. The molecule has 1 amide bonds. The van der Waals surface area contributed by atoms with Crippen LogP contribution in [0.15, 0.2) is 24.3 Å². The lowest BCUT2D eigenvalue weighted by atomic mass is 9.99. The first-order valence-electron chi connectivity index (χ1n) is 7.06. The van der Waals surface area contributed by atoms with Gasteiger partial charge in [-0.15, -0.1) is 0 Å². The molecule has 0 aliphatic carbocycles. The van der Waals surface area contributed by atoms with Crippen LogP contribution in [-0.2, 0) is 11.2 Å². The SMILES string of the molecule is O=C(NCC1Cc2ccccc2O1)[C@@H]1CCCNC1. The van der Waals surface area contributed by atoms with E-state index in [4.69, 9.17) is 4.74 Å². The molecule has 1 unspecified atom stereocenters. The van der Waals surface area contributed by atoms with Crippen LogP contribution in [0.25, 0.3) is 0 Å². The van der Waals surface area contributed by atoms with Crippen molar-refractivity contribution < 1.29 is 9.53 Å². The molecule has 1 aromatic rings. The molecule has 1 aromatic carbocycles. The Morgan fingerprint density at radius 1 is 1.42 bits per heavy atom. The number of para-hydroxylation sites is 1. The summed E-state index contributed by atoms with van der Waals surface area (Å²) in [5.41, 5.74) is 1.24. The van der Waals surface area contributed by atoms with E-state index in [-0.39, 0.29) is 17.9 Å². The summed E-state index contributed by atoms with van der Waals surface area (Å²) in [5, 5.41) is 6.29. The van der Waals surface area contributed by atoms with Gasteiger partial charge in [-0.25, -0.2) is 0 Å². The van der Waals surface area contributed by atoms with Crippen LogP contribution in [0.1, 0.15) is 18.4 Å². The molecule has 2 heterocycles. The van der Waals surface area contributed by atoms with Gasteiger partial charge in [-0.2, -0.15) is 0 Å². The van der Waals surface area contributed by atoms with E-state index in [1.807, 2.05) is 18.2 Å². The molecule has 2 atom stereocenters. The zero-order valence-electron chi connectivity index (χ0n) is 11.0. The van der Waals surface area contributed by atoms with Crippen LogP contribution in [0.5, 0.6) is 5.75 Å². The average molecular weight is 260 g/mol. The highest BCUT2D eigenvalue weighted by Gasteiger charge is 2.25. The molecular weight excluding hydrogens is 240 g/mol. The smallest absolute Gasteiger partial charge is 0.224 e. The predicted molar refractivity (Wildman–Crippen MR) is 73.2 cm³/mol. The minimum absolute atomic E-state index is 0.0814. The molecule has 2 aliphatic heterocycles. The number of hydrogen-bond acceptors (Lipinski definition) is 3. The van der Waals surface area contributed by atoms with E-state index in [0.29, 0.717) is 6.54 Å². The molecule has 4 nitrogen and oxygen atoms in total. The summed E-state index contributed by atoms with van der Waals surface area (Å²) < 4.78 is 5.81. The summed E-state index contributed by atoms with van der Waals surface area (Å²) in [6, 6.07) is 8.08. The van der Waals surface area contributed by atoms with Crippen LogP contribution in [-0.4, -0.2) is 31.6 Å². The number of carbonyl (C=O) groups excluding carboxylic acids is 1. The van der Waals surface area contributed by atoms with Crippen molar-refractivity contribution in [3.05, 3.63) is 29.8 Å². The number of hydrogen-bond donors (Lipinski definition) is 2. The Hall–Kier alpha value is -1.55. The predicted octanol–water partition coefficient (Wildman–Crippen LogP) is 1.11. The van der Waals surface area contributed by atoms with Crippen molar-refractivity contribution in [2.24, 2.45) is 5.92 Å². The first-order chi connectivity index (χ1) is 9.33. The molecule has 19 heavy (non-hydrogen) atoms. The molecule has 2 aliphatic rings. The van der Waals surface area contributed by atoms with Gasteiger partial charge in [0.2, 0.25) is 5.91 Å². The van der Waals surface area contributed by atoms with Gasteiger partial charge in [0.25, 0.3) is 0 Å². The topological polar surface area (TPSA) is 50.4 Å². The van der Waals surface area contributed by atoms with E-state index in [2.05, 4.69) is 16.7 Å². The van der Waals surface area contributed by atoms with Crippen molar-refractivity contribution in [1.29, 1.82) is 0 Å². The van der Waals surface area contributed by atoms with Gasteiger partial charge < -0.3 is 15.4 Å². The molecule has 1 saturated heterocycles. The minimum Gasteiger partial charge on any atom is -0.488 e. The second-order valence-corrected chi connectivity index (χ2v) is 5.34. The Balaban J connectivity index is 1.47. The highest BCUT2D eigenvalue weighted by Crippen LogP contribution is 2.27. The lowest BCUT2D eigenvalue weighted by Crippen LogP contribution is -2.43. The quantitative estimate of drug-likeness (QED) is 0.856. The maximum Gasteiger partial charge on any atom is 0.224 e. The number of amides is 1. The average Bonchev–Trinajstić information content (AvgIpc) is 2.88. The van der Waals surface area contributed by atoms with E-state index in [1.165, 1.54) is 5.56 Å². The summed E-state index contributed by atoms with van der Waals surface area (Å²) in [4.78, 5) is 12.0. The molecule has 0 spiro atoms. The van der Waals surface area contributed by atoms with Crippen molar-refractivity contribution in [3.8, 4) is 5.75 Å². The van der Waals surface area contributed by atoms with Gasteiger partial charge in [-0.05, 0) is 31.0 Å². The number of ether oxygens (including phenoxy) is 1. The fourth-order valence-corrected chi connectivity index (χ4v) is 2.80. The van der Waals surface area contributed by atoms with Crippen LogP contribution < -0.4 is 15.4 Å². The first-order valence-corrected chi connectivity index (χ1v) is 7.06. The standard InChI is InChI=1S/C15H20N2O2/c18-15(12-5-3-7-16-9-12)17-10-13-8-11-4-1-2-6-14(11)19-13/h1-2,4,6,12-13,16H,3,5,7-10H2,(H,17,18)/t12-,13?/m1/s1. The third-order valence-electron chi connectivity index (χ3n) is 3.89. The summed E-state index contributed by atoms with van der Waals surface area (Å²) in [6.45, 7) is 2.44. The zero-order chi connectivity index (χ0) is 13.1. The van der Waals surface area contributed by atoms with Crippen LogP contribution in [0, 0.1) is 5.92 Å². The van der Waals surface area contributed by atoms with Crippen LogP contribution in [0.4, 0.5) is 0 Å². The Kier molecular flexibility index (Phi) is 3.69. The van der Waals surface area contributed by atoms with Crippen LogP contribution in [0.3, 0.4) is 0 Å². The maximum atomic E-state index is 12.0. The third-order valence-corrected chi connectivity index (χ3v) is 3.89. The summed E-state index contributed by atoms with van der Waals surface area (Å²) in [6.07, 6.45) is 3.05. The summed E-state index contributed by atoms with van der Waals surface area (Å²) in [7, 11) is 0. The molecular formula is C15H20N2O2. The molecule has 0 bridgehead atoms. The lowest BCUT2D eigenvalue weighted by molar-refractivity contribution is -0.125. The molecule has 102 valence electrons. The number of piperidine rings is 1. The highest BCUT2D eigenvalue weighted by atomic mass is 16.5. The van der Waals surface area contributed by atoms with Gasteiger partial charge in [-0.1, -0.05) is 18.2 Å². The Morgan fingerprint density at radius 2 is 2.32 bits per heavy atom. The number of benzene rings is 1. The largest absolute Gasteiger partial charge is 0.488 e. The Morgan fingerprint density at radius 3 is 3.11 bits per heavy atom. The molecule has 2 N–H and O–H groups in total.